The van der Waals surface area contributed by atoms with Gasteiger partial charge in [0.2, 0.25) is 15.9 Å². The van der Waals surface area contributed by atoms with Crippen LogP contribution in [0.4, 0.5) is 5.69 Å². The van der Waals surface area contributed by atoms with Gasteiger partial charge in [0.15, 0.2) is 0 Å². The van der Waals surface area contributed by atoms with Gasteiger partial charge in [-0.15, -0.1) is 0 Å². The van der Waals surface area contributed by atoms with Crippen LogP contribution < -0.4 is 5.32 Å². The molecule has 1 amide bonds. The Balaban J connectivity index is 1.97. The maximum absolute atomic E-state index is 12.2. The summed E-state index contributed by atoms with van der Waals surface area (Å²) >= 11 is 6.06. The number of sulfonamides is 1. The molecule has 5 nitrogen and oxygen atoms in total. The zero-order chi connectivity index (χ0) is 18.4. The molecular weight excluding hydrogens is 360 g/mol. The van der Waals surface area contributed by atoms with Gasteiger partial charge in [-0.2, -0.15) is 4.31 Å². The molecule has 0 unspecified atom stereocenters. The molecule has 1 fully saturated rings. The van der Waals surface area contributed by atoms with E-state index in [2.05, 4.69) is 5.32 Å². The van der Waals surface area contributed by atoms with Crippen molar-refractivity contribution in [3.05, 3.63) is 28.8 Å². The van der Waals surface area contributed by atoms with E-state index in [9.17, 15) is 13.2 Å². The van der Waals surface area contributed by atoms with Crippen LogP contribution in [0, 0.1) is 6.92 Å². The van der Waals surface area contributed by atoms with Gasteiger partial charge in [-0.3, -0.25) is 4.79 Å². The molecule has 0 aromatic heterocycles. The summed E-state index contributed by atoms with van der Waals surface area (Å²) in [4.78, 5) is 12.2. The number of aryl methyl sites for hydroxylation is 1. The van der Waals surface area contributed by atoms with Crippen LogP contribution in [0.25, 0.3) is 0 Å². The van der Waals surface area contributed by atoms with E-state index in [0.29, 0.717) is 10.7 Å². The number of carbonyl (C=O) groups is 1. The molecule has 0 bridgehead atoms. The fraction of sp³-hybridized carbons (Fsp3) is 0.611. The smallest absolute Gasteiger partial charge is 0.225 e. The van der Waals surface area contributed by atoms with Gasteiger partial charge >= 0.3 is 0 Å². The molecule has 0 radical (unpaired) electrons. The van der Waals surface area contributed by atoms with E-state index >= 15 is 0 Å². The highest BCUT2D eigenvalue weighted by Gasteiger charge is 2.27. The second-order valence-electron chi connectivity index (χ2n) is 6.78. The molecule has 1 aliphatic rings. The third-order valence-electron chi connectivity index (χ3n) is 4.67. The molecular formula is C18H27ClN2O3S. The highest BCUT2D eigenvalue weighted by Crippen LogP contribution is 2.24. The van der Waals surface area contributed by atoms with Gasteiger partial charge < -0.3 is 5.32 Å². The highest BCUT2D eigenvalue weighted by molar-refractivity contribution is 7.88. The van der Waals surface area contributed by atoms with Crippen molar-refractivity contribution in [1.82, 2.24) is 4.31 Å². The van der Waals surface area contributed by atoms with Crippen LogP contribution in [0.5, 0.6) is 0 Å². The van der Waals surface area contributed by atoms with Crippen LogP contribution in [0.1, 0.15) is 50.5 Å². The van der Waals surface area contributed by atoms with Gasteiger partial charge in [-0.05, 0) is 37.5 Å². The number of amides is 1. The van der Waals surface area contributed by atoms with Crippen LogP contribution in [-0.2, 0) is 14.8 Å². The maximum Gasteiger partial charge on any atom is 0.225 e. The molecule has 0 saturated heterocycles. The topological polar surface area (TPSA) is 66.5 Å². The van der Waals surface area contributed by atoms with Gasteiger partial charge in [0.25, 0.3) is 0 Å². The highest BCUT2D eigenvalue weighted by atomic mass is 35.5. The first-order chi connectivity index (χ1) is 11.8. The number of hydrogen-bond acceptors (Lipinski definition) is 3. The fourth-order valence-corrected chi connectivity index (χ4v) is 4.63. The first-order valence-electron chi connectivity index (χ1n) is 8.80. The average molecular weight is 387 g/mol. The van der Waals surface area contributed by atoms with Crippen molar-refractivity contribution in [1.29, 1.82) is 0 Å². The summed E-state index contributed by atoms with van der Waals surface area (Å²) in [7, 11) is -3.33. The number of carbonyl (C=O) groups excluding carboxylic acids is 1. The van der Waals surface area contributed by atoms with Gasteiger partial charge in [0.05, 0.1) is 6.26 Å². The molecule has 1 aliphatic carbocycles. The standard InChI is InChI=1S/C18H27ClN2O3S/c1-14-9-10-15(13-17(14)19)20-18(22)11-12-21(25(2,23)24)16-7-5-3-4-6-8-16/h9-10,13,16H,3-8,11-12H2,1-2H3,(H,20,22). The van der Waals surface area contributed by atoms with Crippen molar-refractivity contribution in [2.45, 2.75) is 57.9 Å². The summed E-state index contributed by atoms with van der Waals surface area (Å²) in [5.41, 5.74) is 1.57. The van der Waals surface area contributed by atoms with E-state index < -0.39 is 10.0 Å². The molecule has 0 spiro atoms. The number of rotatable bonds is 6. The van der Waals surface area contributed by atoms with Gasteiger partial charge in [0.1, 0.15) is 0 Å². The molecule has 2 rings (SSSR count). The average Bonchev–Trinajstić information content (AvgIpc) is 2.79. The molecule has 0 aliphatic heterocycles. The Bertz CT molecular complexity index is 698. The summed E-state index contributed by atoms with van der Waals surface area (Å²) in [5.74, 6) is -0.206. The zero-order valence-corrected chi connectivity index (χ0v) is 16.5. The summed E-state index contributed by atoms with van der Waals surface area (Å²) in [6.07, 6.45) is 7.52. The third-order valence-corrected chi connectivity index (χ3v) is 6.41. The number of benzene rings is 1. The lowest BCUT2D eigenvalue weighted by atomic mass is 10.1. The Labute approximate surface area is 155 Å². The predicted octanol–water partition coefficient (Wildman–Crippen LogP) is 3.96. The zero-order valence-electron chi connectivity index (χ0n) is 14.9. The Morgan fingerprint density at radius 2 is 1.88 bits per heavy atom. The Morgan fingerprint density at radius 3 is 2.44 bits per heavy atom. The Hall–Kier alpha value is -1.11. The van der Waals surface area contributed by atoms with E-state index in [1.807, 2.05) is 13.0 Å². The fourth-order valence-electron chi connectivity index (χ4n) is 3.27. The summed E-state index contributed by atoms with van der Waals surface area (Å²) in [6, 6.07) is 5.35. The Morgan fingerprint density at radius 1 is 1.24 bits per heavy atom. The van der Waals surface area contributed by atoms with Crippen LogP contribution in [-0.4, -0.2) is 37.5 Å². The summed E-state index contributed by atoms with van der Waals surface area (Å²) in [6.45, 7) is 2.11. The van der Waals surface area contributed by atoms with E-state index in [0.717, 1.165) is 44.1 Å². The van der Waals surface area contributed by atoms with Crippen LogP contribution in [0.2, 0.25) is 5.02 Å². The summed E-state index contributed by atoms with van der Waals surface area (Å²) < 4.78 is 25.9. The lowest BCUT2D eigenvalue weighted by Crippen LogP contribution is -2.41. The molecule has 1 aromatic rings. The monoisotopic (exact) mass is 386 g/mol. The molecule has 1 saturated carbocycles. The minimum atomic E-state index is -3.33. The SMILES string of the molecule is Cc1ccc(NC(=O)CCN(C2CCCCCC2)S(C)(=O)=O)cc1Cl. The van der Waals surface area contributed by atoms with E-state index in [4.69, 9.17) is 11.6 Å². The lowest BCUT2D eigenvalue weighted by molar-refractivity contribution is -0.116. The van der Waals surface area contributed by atoms with Crippen molar-refractivity contribution < 1.29 is 13.2 Å². The summed E-state index contributed by atoms with van der Waals surface area (Å²) in [5, 5.41) is 3.38. The predicted molar refractivity (Wildman–Crippen MR) is 102 cm³/mol. The third kappa shape index (κ3) is 6.28. The number of hydrogen-bond donors (Lipinski definition) is 1. The number of nitrogens with zero attached hydrogens (tertiary/aromatic N) is 1. The van der Waals surface area contributed by atoms with Crippen LogP contribution in [0.15, 0.2) is 18.2 Å². The molecule has 1 N–H and O–H groups in total. The number of anilines is 1. The van der Waals surface area contributed by atoms with E-state index in [1.165, 1.54) is 10.6 Å². The van der Waals surface area contributed by atoms with Crippen molar-refractivity contribution in [2.75, 3.05) is 18.1 Å². The minimum absolute atomic E-state index is 0.0131. The molecule has 1 aromatic carbocycles. The lowest BCUT2D eigenvalue weighted by Gasteiger charge is -2.28. The molecule has 7 heteroatoms. The van der Waals surface area contributed by atoms with Crippen LogP contribution >= 0.6 is 11.6 Å². The van der Waals surface area contributed by atoms with Crippen molar-refractivity contribution in [3.63, 3.8) is 0 Å². The van der Waals surface area contributed by atoms with E-state index in [1.54, 1.807) is 12.1 Å². The quantitative estimate of drug-likeness (QED) is 0.752. The van der Waals surface area contributed by atoms with Crippen molar-refractivity contribution >= 4 is 33.2 Å². The first kappa shape index (κ1) is 20.2. The van der Waals surface area contributed by atoms with E-state index in [-0.39, 0.29) is 24.9 Å². The van der Waals surface area contributed by atoms with Gasteiger partial charge in [-0.25, -0.2) is 8.42 Å². The first-order valence-corrected chi connectivity index (χ1v) is 11.0. The minimum Gasteiger partial charge on any atom is -0.326 e. The Kier molecular flexibility index (Phi) is 7.28. The second-order valence-corrected chi connectivity index (χ2v) is 9.12. The molecule has 0 atom stereocenters. The largest absolute Gasteiger partial charge is 0.326 e. The normalized spacial score (nSPS) is 16.6. The van der Waals surface area contributed by atoms with Crippen molar-refractivity contribution in [3.8, 4) is 0 Å². The number of halogens is 1. The van der Waals surface area contributed by atoms with Crippen molar-refractivity contribution in [2.24, 2.45) is 0 Å². The molecule has 25 heavy (non-hydrogen) atoms. The number of nitrogens with one attached hydrogen (secondary N) is 1. The molecule has 140 valence electrons. The van der Waals surface area contributed by atoms with Gasteiger partial charge in [0, 0.05) is 29.7 Å². The van der Waals surface area contributed by atoms with Gasteiger partial charge in [-0.1, -0.05) is 43.4 Å². The second kappa shape index (κ2) is 9.01. The van der Waals surface area contributed by atoms with Crippen LogP contribution in [0.3, 0.4) is 0 Å². The maximum atomic E-state index is 12.2. The molecule has 0 heterocycles.